The van der Waals surface area contributed by atoms with Crippen molar-refractivity contribution in [2.75, 3.05) is 19.7 Å². The van der Waals surface area contributed by atoms with Crippen LogP contribution in [0, 0.1) is 0 Å². The first kappa shape index (κ1) is 20.4. The highest BCUT2D eigenvalue weighted by Crippen LogP contribution is 2.18. The van der Waals surface area contributed by atoms with E-state index in [1.54, 1.807) is 0 Å². The van der Waals surface area contributed by atoms with Crippen LogP contribution in [-0.2, 0) is 0 Å². The van der Waals surface area contributed by atoms with Crippen LogP contribution >= 0.6 is 11.3 Å². The maximum atomic E-state index is 12.7. The van der Waals surface area contributed by atoms with Crippen LogP contribution in [0.3, 0.4) is 0 Å². The summed E-state index contributed by atoms with van der Waals surface area (Å²) in [7, 11) is 0. The molecule has 1 aromatic heterocycles. The predicted octanol–water partition coefficient (Wildman–Crippen LogP) is 4.35. The molecule has 28 heavy (non-hydrogen) atoms. The minimum atomic E-state index is -0.0273. The summed E-state index contributed by atoms with van der Waals surface area (Å²) in [5.41, 5.74) is 1.39. The standard InChI is InChI=1S/C22H28N2O3S/c1-2-3-4-14-27-20-7-5-17(6-8-20)22(26)24-12-9-19(10-13-24)23-21(25)18-11-15-28-16-18/h5-8,11,15-16,19H,2-4,9-10,12-14H2,1H3,(H,23,25). The number of likely N-dealkylation sites (tertiary alicyclic amines) is 1. The van der Waals surface area contributed by atoms with Gasteiger partial charge in [-0.2, -0.15) is 11.3 Å². The average Bonchev–Trinajstić information content (AvgIpc) is 3.27. The molecule has 1 N–H and O–H groups in total. The quantitative estimate of drug-likeness (QED) is 0.670. The number of thiophene rings is 1. The van der Waals surface area contributed by atoms with E-state index in [9.17, 15) is 9.59 Å². The van der Waals surface area contributed by atoms with E-state index in [4.69, 9.17) is 4.74 Å². The molecule has 0 saturated carbocycles. The van der Waals surface area contributed by atoms with Crippen molar-refractivity contribution in [3.8, 4) is 5.75 Å². The summed E-state index contributed by atoms with van der Waals surface area (Å²) in [6.45, 7) is 4.19. The highest BCUT2D eigenvalue weighted by molar-refractivity contribution is 7.08. The number of hydrogen-bond acceptors (Lipinski definition) is 4. The van der Waals surface area contributed by atoms with Gasteiger partial charge in [-0.3, -0.25) is 9.59 Å². The molecule has 5 nitrogen and oxygen atoms in total. The van der Waals surface area contributed by atoms with Gasteiger partial charge in [-0.25, -0.2) is 0 Å². The summed E-state index contributed by atoms with van der Waals surface area (Å²) in [4.78, 5) is 26.7. The fourth-order valence-corrected chi connectivity index (χ4v) is 3.94. The molecule has 2 heterocycles. The summed E-state index contributed by atoms with van der Waals surface area (Å²) in [6.07, 6.45) is 4.95. The number of rotatable bonds is 8. The van der Waals surface area contributed by atoms with E-state index in [0.717, 1.165) is 25.0 Å². The number of ether oxygens (including phenoxy) is 1. The summed E-state index contributed by atoms with van der Waals surface area (Å²) in [5.74, 6) is 0.822. The number of piperidine rings is 1. The van der Waals surface area contributed by atoms with Crippen LogP contribution in [0.5, 0.6) is 5.75 Å². The van der Waals surface area contributed by atoms with Crippen LogP contribution in [0.2, 0.25) is 0 Å². The van der Waals surface area contributed by atoms with Gasteiger partial charge in [0, 0.05) is 35.6 Å². The molecule has 0 bridgehead atoms. The monoisotopic (exact) mass is 400 g/mol. The topological polar surface area (TPSA) is 58.6 Å². The Morgan fingerprint density at radius 1 is 1.11 bits per heavy atom. The maximum absolute atomic E-state index is 12.7. The van der Waals surface area contributed by atoms with Gasteiger partial charge >= 0.3 is 0 Å². The molecule has 1 aromatic carbocycles. The van der Waals surface area contributed by atoms with Gasteiger partial charge in [-0.1, -0.05) is 19.8 Å². The third kappa shape index (κ3) is 5.58. The van der Waals surface area contributed by atoms with Crippen molar-refractivity contribution in [1.82, 2.24) is 10.2 Å². The number of amides is 2. The normalized spacial score (nSPS) is 14.7. The van der Waals surface area contributed by atoms with E-state index in [1.165, 1.54) is 24.2 Å². The molecule has 0 spiro atoms. The lowest BCUT2D eigenvalue weighted by molar-refractivity contribution is 0.0698. The van der Waals surface area contributed by atoms with Crippen LogP contribution in [0.4, 0.5) is 0 Å². The highest BCUT2D eigenvalue weighted by atomic mass is 32.1. The lowest BCUT2D eigenvalue weighted by Gasteiger charge is -2.32. The van der Waals surface area contributed by atoms with E-state index < -0.39 is 0 Å². The molecule has 0 aliphatic carbocycles. The fraction of sp³-hybridized carbons (Fsp3) is 0.455. The molecule has 6 heteroatoms. The zero-order valence-corrected chi connectivity index (χ0v) is 17.2. The van der Waals surface area contributed by atoms with Gasteiger partial charge in [-0.15, -0.1) is 0 Å². The van der Waals surface area contributed by atoms with Crippen LogP contribution in [0.15, 0.2) is 41.1 Å². The van der Waals surface area contributed by atoms with Crippen molar-refractivity contribution in [1.29, 1.82) is 0 Å². The van der Waals surface area contributed by atoms with Crippen molar-refractivity contribution in [3.05, 3.63) is 52.2 Å². The number of unbranched alkanes of at least 4 members (excludes halogenated alkanes) is 2. The largest absolute Gasteiger partial charge is 0.494 e. The van der Waals surface area contributed by atoms with Crippen molar-refractivity contribution in [2.45, 2.75) is 45.1 Å². The Balaban J connectivity index is 1.45. The van der Waals surface area contributed by atoms with E-state index in [-0.39, 0.29) is 17.9 Å². The van der Waals surface area contributed by atoms with Crippen molar-refractivity contribution >= 4 is 23.2 Å². The summed E-state index contributed by atoms with van der Waals surface area (Å²) in [5, 5.41) is 6.82. The van der Waals surface area contributed by atoms with Crippen molar-refractivity contribution in [2.24, 2.45) is 0 Å². The van der Waals surface area contributed by atoms with E-state index in [2.05, 4.69) is 12.2 Å². The third-order valence-electron chi connectivity index (χ3n) is 5.02. The Hall–Kier alpha value is -2.34. The van der Waals surface area contributed by atoms with Crippen LogP contribution in [0.25, 0.3) is 0 Å². The van der Waals surface area contributed by atoms with Crippen LogP contribution in [-0.4, -0.2) is 42.5 Å². The summed E-state index contributed by atoms with van der Waals surface area (Å²) in [6, 6.07) is 9.36. The molecule has 1 aliphatic heterocycles. The molecule has 3 rings (SSSR count). The fourth-order valence-electron chi connectivity index (χ4n) is 3.31. The maximum Gasteiger partial charge on any atom is 0.253 e. The van der Waals surface area contributed by atoms with Crippen LogP contribution in [0.1, 0.15) is 59.7 Å². The Kier molecular flexibility index (Phi) is 7.48. The molecule has 1 fully saturated rings. The summed E-state index contributed by atoms with van der Waals surface area (Å²) >= 11 is 1.52. The zero-order chi connectivity index (χ0) is 19.8. The molecule has 1 saturated heterocycles. The molecule has 2 amide bonds. The lowest BCUT2D eigenvalue weighted by atomic mass is 10.0. The number of nitrogens with one attached hydrogen (secondary N) is 1. The van der Waals surface area contributed by atoms with E-state index in [0.29, 0.717) is 30.8 Å². The zero-order valence-electron chi connectivity index (χ0n) is 16.4. The van der Waals surface area contributed by atoms with Crippen molar-refractivity contribution < 1.29 is 14.3 Å². The number of benzene rings is 1. The minimum Gasteiger partial charge on any atom is -0.494 e. The van der Waals surface area contributed by atoms with Gasteiger partial charge < -0.3 is 15.0 Å². The number of carbonyl (C=O) groups is 2. The van der Waals surface area contributed by atoms with Gasteiger partial charge in [0.15, 0.2) is 0 Å². The molecule has 1 aliphatic rings. The van der Waals surface area contributed by atoms with Gasteiger partial charge in [0.2, 0.25) is 0 Å². The van der Waals surface area contributed by atoms with Gasteiger partial charge in [0.05, 0.1) is 6.61 Å². The Labute approximate surface area is 170 Å². The molecular formula is C22H28N2O3S. The first-order valence-electron chi connectivity index (χ1n) is 10.0. The number of hydrogen-bond donors (Lipinski definition) is 1. The molecule has 150 valence electrons. The predicted molar refractivity (Wildman–Crippen MR) is 112 cm³/mol. The summed E-state index contributed by atoms with van der Waals surface area (Å²) < 4.78 is 5.71. The number of nitrogens with zero attached hydrogens (tertiary/aromatic N) is 1. The van der Waals surface area contributed by atoms with E-state index >= 15 is 0 Å². The van der Waals surface area contributed by atoms with Gasteiger partial charge in [0.25, 0.3) is 11.8 Å². The Morgan fingerprint density at radius 3 is 2.50 bits per heavy atom. The Morgan fingerprint density at radius 2 is 1.86 bits per heavy atom. The smallest absolute Gasteiger partial charge is 0.253 e. The third-order valence-corrected chi connectivity index (χ3v) is 5.70. The average molecular weight is 401 g/mol. The molecule has 2 aromatic rings. The highest BCUT2D eigenvalue weighted by Gasteiger charge is 2.25. The second-order valence-electron chi connectivity index (χ2n) is 7.13. The SMILES string of the molecule is CCCCCOc1ccc(C(=O)N2CCC(NC(=O)c3ccsc3)CC2)cc1. The first-order valence-corrected chi connectivity index (χ1v) is 11.0. The lowest BCUT2D eigenvalue weighted by Crippen LogP contribution is -2.46. The second-order valence-corrected chi connectivity index (χ2v) is 7.91. The second kappa shape index (κ2) is 10.3. The minimum absolute atomic E-state index is 0.0273. The van der Waals surface area contributed by atoms with Gasteiger partial charge in [-0.05, 0) is 55.0 Å². The van der Waals surface area contributed by atoms with Gasteiger partial charge in [0.1, 0.15) is 5.75 Å². The molecule has 0 unspecified atom stereocenters. The van der Waals surface area contributed by atoms with E-state index in [1.807, 2.05) is 46.0 Å². The molecular weight excluding hydrogens is 372 g/mol. The first-order chi connectivity index (χ1) is 13.7. The Bertz CT molecular complexity index is 751. The molecule has 0 radical (unpaired) electrons. The van der Waals surface area contributed by atoms with Crippen molar-refractivity contribution in [3.63, 3.8) is 0 Å². The van der Waals surface area contributed by atoms with Crippen LogP contribution < -0.4 is 10.1 Å². The molecule has 0 atom stereocenters. The number of carbonyl (C=O) groups excluding carboxylic acids is 2.